The van der Waals surface area contributed by atoms with E-state index >= 15 is 0 Å². The van der Waals surface area contributed by atoms with Gasteiger partial charge in [0.1, 0.15) is 15.7 Å². The topological polar surface area (TPSA) is 67.3 Å². The molecule has 1 aromatic heterocycles. The van der Waals surface area contributed by atoms with Gasteiger partial charge in [0.25, 0.3) is 0 Å². The van der Waals surface area contributed by atoms with Crippen molar-refractivity contribution in [3.05, 3.63) is 29.8 Å². The molecule has 2 rings (SSSR count). The molecule has 6 heteroatoms. The highest BCUT2D eigenvalue weighted by Crippen LogP contribution is 2.40. The Bertz CT molecular complexity index is 586. The number of aliphatic hydroxyl groups is 1. The van der Waals surface area contributed by atoms with Gasteiger partial charge in [-0.1, -0.05) is 6.42 Å². The molecule has 1 fully saturated rings. The Morgan fingerprint density at radius 2 is 2.10 bits per heavy atom. The van der Waals surface area contributed by atoms with Crippen molar-refractivity contribution in [2.24, 2.45) is 5.92 Å². The first-order valence-electron chi connectivity index (χ1n) is 6.73. The largest absolute Gasteiger partial charge is 0.385 e. The Morgan fingerprint density at radius 3 is 2.70 bits per heavy atom. The monoisotopic (exact) mass is 301 g/mol. The van der Waals surface area contributed by atoms with Crippen LogP contribution in [0.4, 0.5) is 4.39 Å². The fraction of sp³-hybridized carbons (Fsp3) is 0.643. The highest BCUT2D eigenvalue weighted by atomic mass is 32.2. The molecule has 0 spiro atoms. The van der Waals surface area contributed by atoms with Gasteiger partial charge in [0.15, 0.2) is 0 Å². The van der Waals surface area contributed by atoms with Crippen LogP contribution in [0.3, 0.4) is 0 Å². The highest BCUT2D eigenvalue weighted by molar-refractivity contribution is 7.91. The second-order valence-electron chi connectivity index (χ2n) is 5.85. The summed E-state index contributed by atoms with van der Waals surface area (Å²) in [5, 5.41) is 10.3. The number of nitrogens with zero attached hydrogens (tertiary/aromatic N) is 1. The van der Waals surface area contributed by atoms with Crippen LogP contribution in [0.2, 0.25) is 0 Å². The second kappa shape index (κ2) is 5.41. The van der Waals surface area contributed by atoms with Crippen LogP contribution in [0.15, 0.2) is 18.5 Å². The molecule has 1 N–H and O–H groups in total. The van der Waals surface area contributed by atoms with Gasteiger partial charge >= 0.3 is 0 Å². The first-order valence-corrected chi connectivity index (χ1v) is 8.69. The van der Waals surface area contributed by atoms with Gasteiger partial charge in [-0.2, -0.15) is 0 Å². The molecule has 112 valence electrons. The Kier molecular flexibility index (Phi) is 4.16. The minimum absolute atomic E-state index is 0.209. The van der Waals surface area contributed by atoms with Crippen LogP contribution >= 0.6 is 0 Å². The molecule has 20 heavy (non-hydrogen) atoms. The molecule has 3 atom stereocenters. The summed E-state index contributed by atoms with van der Waals surface area (Å²) in [7, 11) is -3.11. The third-order valence-corrected chi connectivity index (χ3v) is 5.96. The SMILES string of the molecule is CC(O)(c1cncc(F)c1)C1CCCC(S(C)(=O)=O)C1. The summed E-state index contributed by atoms with van der Waals surface area (Å²) in [6.07, 6.45) is 6.28. The van der Waals surface area contributed by atoms with Gasteiger partial charge in [0.05, 0.1) is 17.0 Å². The lowest BCUT2D eigenvalue weighted by Gasteiger charge is -2.38. The minimum Gasteiger partial charge on any atom is -0.385 e. The van der Waals surface area contributed by atoms with Crippen molar-refractivity contribution < 1.29 is 17.9 Å². The average Bonchev–Trinajstić information content (AvgIpc) is 2.38. The molecule has 0 saturated heterocycles. The van der Waals surface area contributed by atoms with Crippen molar-refractivity contribution in [1.82, 2.24) is 4.98 Å². The summed E-state index contributed by atoms with van der Waals surface area (Å²) in [4.78, 5) is 3.76. The van der Waals surface area contributed by atoms with E-state index in [9.17, 15) is 17.9 Å². The predicted molar refractivity (Wildman–Crippen MR) is 74.4 cm³/mol. The molecular formula is C14H20FNO3S. The van der Waals surface area contributed by atoms with E-state index in [0.29, 0.717) is 18.4 Å². The van der Waals surface area contributed by atoms with Gasteiger partial charge in [-0.25, -0.2) is 12.8 Å². The van der Waals surface area contributed by atoms with E-state index in [4.69, 9.17) is 0 Å². The van der Waals surface area contributed by atoms with Crippen molar-refractivity contribution in [3.8, 4) is 0 Å². The van der Waals surface area contributed by atoms with Crippen LogP contribution in [-0.4, -0.2) is 30.0 Å². The summed E-state index contributed by atoms with van der Waals surface area (Å²) >= 11 is 0. The van der Waals surface area contributed by atoms with Crippen molar-refractivity contribution in [3.63, 3.8) is 0 Å². The van der Waals surface area contributed by atoms with E-state index in [1.165, 1.54) is 18.5 Å². The quantitative estimate of drug-likeness (QED) is 0.927. The summed E-state index contributed by atoms with van der Waals surface area (Å²) in [6.45, 7) is 1.61. The molecule has 0 aliphatic heterocycles. The van der Waals surface area contributed by atoms with Crippen molar-refractivity contribution in [1.29, 1.82) is 0 Å². The molecule has 4 nitrogen and oxygen atoms in total. The van der Waals surface area contributed by atoms with Crippen LogP contribution in [0, 0.1) is 11.7 Å². The zero-order valence-electron chi connectivity index (χ0n) is 11.7. The maximum atomic E-state index is 13.3. The maximum Gasteiger partial charge on any atom is 0.150 e. The first kappa shape index (κ1) is 15.4. The van der Waals surface area contributed by atoms with Gasteiger partial charge in [-0.05, 0) is 38.2 Å². The molecule has 1 aromatic rings. The van der Waals surface area contributed by atoms with Crippen molar-refractivity contribution in [2.75, 3.05) is 6.26 Å². The normalized spacial score (nSPS) is 27.0. The Labute approximate surface area is 119 Å². The maximum absolute atomic E-state index is 13.3. The highest BCUT2D eigenvalue weighted by Gasteiger charge is 2.40. The summed E-state index contributed by atoms with van der Waals surface area (Å²) in [6, 6.07) is 1.26. The van der Waals surface area contributed by atoms with E-state index in [1.807, 2.05) is 0 Å². The van der Waals surface area contributed by atoms with Crippen LogP contribution in [0.5, 0.6) is 0 Å². The van der Waals surface area contributed by atoms with Crippen molar-refractivity contribution in [2.45, 2.75) is 43.5 Å². The molecule has 1 heterocycles. The predicted octanol–water partition coefficient (Wildman–Crippen LogP) is 2.03. The standard InChI is InChI=1S/C14H20FNO3S/c1-14(17,11-6-12(15)9-16-8-11)10-4-3-5-13(7-10)20(2,18)19/h6,8-10,13,17H,3-5,7H2,1-2H3. The Balaban J connectivity index is 2.25. The minimum atomic E-state index is -3.11. The third-order valence-electron chi connectivity index (χ3n) is 4.32. The Morgan fingerprint density at radius 1 is 1.40 bits per heavy atom. The third kappa shape index (κ3) is 3.17. The molecule has 0 bridgehead atoms. The number of pyridine rings is 1. The number of hydrogen-bond donors (Lipinski definition) is 1. The molecule has 0 aromatic carbocycles. The summed E-state index contributed by atoms with van der Waals surface area (Å²) in [5.74, 6) is -0.710. The molecule has 1 aliphatic carbocycles. The molecule has 1 aliphatic rings. The zero-order valence-corrected chi connectivity index (χ0v) is 12.5. The Hall–Kier alpha value is -1.01. The van der Waals surface area contributed by atoms with E-state index in [2.05, 4.69) is 4.98 Å². The summed E-state index contributed by atoms with van der Waals surface area (Å²) < 4.78 is 36.7. The first-order chi connectivity index (χ1) is 9.21. The zero-order chi connectivity index (χ0) is 15.0. The number of aromatic nitrogens is 1. The average molecular weight is 301 g/mol. The summed E-state index contributed by atoms with van der Waals surface area (Å²) in [5.41, 5.74) is -0.866. The fourth-order valence-electron chi connectivity index (χ4n) is 2.97. The van der Waals surface area contributed by atoms with Crippen LogP contribution in [0.1, 0.15) is 38.2 Å². The van der Waals surface area contributed by atoms with E-state index < -0.39 is 26.5 Å². The molecular weight excluding hydrogens is 281 g/mol. The molecule has 0 amide bonds. The fourth-order valence-corrected chi connectivity index (χ4v) is 4.15. The van der Waals surface area contributed by atoms with E-state index in [1.54, 1.807) is 6.92 Å². The lowest BCUT2D eigenvalue weighted by molar-refractivity contribution is -0.0213. The smallest absolute Gasteiger partial charge is 0.150 e. The van der Waals surface area contributed by atoms with Gasteiger partial charge < -0.3 is 5.11 Å². The van der Waals surface area contributed by atoms with Crippen molar-refractivity contribution >= 4 is 9.84 Å². The van der Waals surface area contributed by atoms with E-state index in [0.717, 1.165) is 19.0 Å². The lowest BCUT2D eigenvalue weighted by Crippen LogP contribution is -2.39. The number of hydrogen-bond acceptors (Lipinski definition) is 4. The van der Waals surface area contributed by atoms with Gasteiger partial charge in [0, 0.05) is 18.0 Å². The number of sulfone groups is 1. The molecule has 0 radical (unpaired) electrons. The number of halogens is 1. The van der Waals surface area contributed by atoms with E-state index in [-0.39, 0.29) is 5.92 Å². The number of rotatable bonds is 3. The lowest BCUT2D eigenvalue weighted by atomic mass is 9.74. The molecule has 3 unspecified atom stereocenters. The second-order valence-corrected chi connectivity index (χ2v) is 8.18. The van der Waals surface area contributed by atoms with Gasteiger partial charge in [-0.3, -0.25) is 4.98 Å². The molecule has 1 saturated carbocycles. The van der Waals surface area contributed by atoms with Gasteiger partial charge in [0.2, 0.25) is 0 Å². The van der Waals surface area contributed by atoms with Crippen LogP contribution in [0.25, 0.3) is 0 Å². The van der Waals surface area contributed by atoms with Crippen LogP contribution < -0.4 is 0 Å². The van der Waals surface area contributed by atoms with Crippen LogP contribution in [-0.2, 0) is 15.4 Å². The van der Waals surface area contributed by atoms with Gasteiger partial charge in [-0.15, -0.1) is 0 Å².